The molecule has 4 N–H and O–H groups in total. The lowest BCUT2D eigenvalue weighted by molar-refractivity contribution is -0.181. The number of ketones is 4. The largest absolute Gasteiger partial charge is 0.507 e. The van der Waals surface area contributed by atoms with E-state index in [0.29, 0.717) is 11.1 Å². The summed E-state index contributed by atoms with van der Waals surface area (Å²) in [5, 5.41) is 22.2. The van der Waals surface area contributed by atoms with Crippen molar-refractivity contribution in [1.82, 2.24) is 4.90 Å². The van der Waals surface area contributed by atoms with Gasteiger partial charge < -0.3 is 15.9 Å². The lowest BCUT2D eigenvalue weighted by Crippen LogP contribution is -2.74. The summed E-state index contributed by atoms with van der Waals surface area (Å²) in [6.45, 7) is 0. The minimum Gasteiger partial charge on any atom is -0.507 e. The highest BCUT2D eigenvalue weighted by atomic mass is 16.3. The van der Waals surface area contributed by atoms with E-state index in [4.69, 9.17) is 5.73 Å². The molecule has 0 heterocycles. The van der Waals surface area contributed by atoms with Crippen molar-refractivity contribution in [2.45, 2.75) is 24.5 Å². The second-order valence-electron chi connectivity index (χ2n) is 10.4. The Balaban J connectivity index is 1.62. The Morgan fingerprint density at radius 1 is 1.03 bits per heavy atom. The van der Waals surface area contributed by atoms with E-state index < -0.39 is 64.4 Å². The van der Waals surface area contributed by atoms with E-state index in [1.807, 2.05) is 30.3 Å². The molecule has 3 aliphatic carbocycles. The van der Waals surface area contributed by atoms with Crippen LogP contribution in [0.4, 0.5) is 0 Å². The maximum absolute atomic E-state index is 13.8. The van der Waals surface area contributed by atoms with Crippen LogP contribution in [0.1, 0.15) is 33.5 Å². The van der Waals surface area contributed by atoms with E-state index in [0.717, 1.165) is 5.56 Å². The number of aromatic hydroxyl groups is 1. The van der Waals surface area contributed by atoms with Crippen molar-refractivity contribution >= 4 is 29.0 Å². The number of Topliss-reactive ketones (excluding diaryl/α,β-unsaturated/α-hetero) is 4. The molecule has 0 aromatic heterocycles. The summed E-state index contributed by atoms with van der Waals surface area (Å²) >= 11 is 0. The molecule has 0 bridgehead atoms. The predicted octanol–water partition coefficient (Wildman–Crippen LogP) is 0.267. The van der Waals surface area contributed by atoms with Crippen molar-refractivity contribution < 1.29 is 34.2 Å². The predicted molar refractivity (Wildman–Crippen MR) is 134 cm³/mol. The quantitative estimate of drug-likeness (QED) is 0.381. The zero-order valence-electron chi connectivity index (χ0n) is 20.8. The van der Waals surface area contributed by atoms with E-state index >= 15 is 0 Å². The Morgan fingerprint density at radius 3 is 2.34 bits per heavy atom. The van der Waals surface area contributed by atoms with Crippen LogP contribution in [0, 0.1) is 35.5 Å². The number of nitrogens with two attached hydrogens (primary N) is 1. The Bertz CT molecular complexity index is 1470. The molecule has 5 rings (SSSR count). The van der Waals surface area contributed by atoms with E-state index in [2.05, 4.69) is 11.8 Å². The first kappa shape index (κ1) is 25.5. The minimum atomic E-state index is -2.74. The highest BCUT2D eigenvalue weighted by molar-refractivity contribution is 6.32. The summed E-state index contributed by atoms with van der Waals surface area (Å²) in [6.07, 6.45) is 0.157. The molecule has 194 valence electrons. The maximum atomic E-state index is 13.8. The van der Waals surface area contributed by atoms with Gasteiger partial charge in [0, 0.05) is 17.0 Å². The number of primary amides is 1. The third-order valence-electron chi connectivity index (χ3n) is 8.06. The first-order valence-corrected chi connectivity index (χ1v) is 12.2. The van der Waals surface area contributed by atoms with Gasteiger partial charge in [-0.1, -0.05) is 30.0 Å². The molecule has 3 aliphatic rings. The average Bonchev–Trinajstić information content (AvgIpc) is 2.86. The average molecular weight is 515 g/mol. The number of hydrogen-bond donors (Lipinski definition) is 3. The number of benzene rings is 2. The van der Waals surface area contributed by atoms with Gasteiger partial charge in [0.2, 0.25) is 5.91 Å². The molecule has 2 fully saturated rings. The summed E-state index contributed by atoms with van der Waals surface area (Å²) in [6, 6.07) is 11.0. The van der Waals surface area contributed by atoms with Crippen LogP contribution in [0.3, 0.4) is 0 Å². The van der Waals surface area contributed by atoms with E-state index in [1.54, 1.807) is 20.2 Å². The Kier molecular flexibility index (Phi) is 6.05. The highest BCUT2D eigenvalue weighted by Gasteiger charge is 2.69. The van der Waals surface area contributed by atoms with Crippen LogP contribution < -0.4 is 5.73 Å². The fourth-order valence-electron chi connectivity index (χ4n) is 6.38. The number of carbonyl (C=O) groups excluding carboxylic acids is 5. The number of rotatable bonds is 2. The molecule has 1 amide bonds. The van der Waals surface area contributed by atoms with Crippen molar-refractivity contribution in [1.29, 1.82) is 0 Å². The zero-order valence-corrected chi connectivity index (χ0v) is 20.8. The summed E-state index contributed by atoms with van der Waals surface area (Å²) < 4.78 is 0. The van der Waals surface area contributed by atoms with Gasteiger partial charge in [-0.3, -0.25) is 28.9 Å². The molecule has 9 heteroatoms. The number of phenols is 1. The van der Waals surface area contributed by atoms with Gasteiger partial charge in [0.1, 0.15) is 5.75 Å². The van der Waals surface area contributed by atoms with Crippen LogP contribution in [0.2, 0.25) is 0 Å². The molecule has 4 unspecified atom stereocenters. The third-order valence-corrected chi connectivity index (χ3v) is 8.06. The first-order valence-electron chi connectivity index (χ1n) is 12.2. The lowest BCUT2D eigenvalue weighted by Gasteiger charge is -2.52. The zero-order chi connectivity index (χ0) is 27.5. The molecule has 6 atom stereocenters. The molecule has 9 nitrogen and oxygen atoms in total. The monoisotopic (exact) mass is 514 g/mol. The normalized spacial score (nSPS) is 30.2. The fraction of sp³-hybridized carbons (Fsp3) is 0.345. The van der Waals surface area contributed by atoms with Crippen molar-refractivity contribution in [3.8, 4) is 17.6 Å². The second-order valence-corrected chi connectivity index (χ2v) is 10.4. The molecular formula is C29H26N2O7. The number of aliphatic hydroxyl groups is 1. The van der Waals surface area contributed by atoms with Crippen LogP contribution >= 0.6 is 0 Å². The van der Waals surface area contributed by atoms with Gasteiger partial charge in [0.15, 0.2) is 34.7 Å². The molecule has 2 aromatic carbocycles. The van der Waals surface area contributed by atoms with E-state index in [9.17, 15) is 34.2 Å². The number of nitrogens with zero attached hydrogens (tertiary/aromatic N) is 1. The van der Waals surface area contributed by atoms with E-state index in [1.165, 1.54) is 11.0 Å². The van der Waals surface area contributed by atoms with Gasteiger partial charge in [-0.25, -0.2) is 0 Å². The number of hydrogen-bond acceptors (Lipinski definition) is 8. The summed E-state index contributed by atoms with van der Waals surface area (Å²) in [7, 11) is 3.09. The fourth-order valence-corrected chi connectivity index (χ4v) is 6.38. The number of amides is 1. The molecule has 38 heavy (non-hydrogen) atoms. The number of likely N-dealkylation sites (N-methyl/N-ethyl adjacent to an activating group) is 1. The van der Waals surface area contributed by atoms with Crippen molar-refractivity contribution in [3.63, 3.8) is 0 Å². The molecule has 2 aromatic rings. The van der Waals surface area contributed by atoms with Crippen LogP contribution in [-0.4, -0.2) is 69.9 Å². The smallest absolute Gasteiger partial charge is 0.235 e. The van der Waals surface area contributed by atoms with Crippen molar-refractivity contribution in [2.75, 3.05) is 14.1 Å². The van der Waals surface area contributed by atoms with Gasteiger partial charge in [-0.15, -0.1) is 0 Å². The Labute approximate surface area is 218 Å². The van der Waals surface area contributed by atoms with Gasteiger partial charge in [-0.2, -0.15) is 0 Å². The molecule has 0 aliphatic heterocycles. The first-order chi connectivity index (χ1) is 18.0. The van der Waals surface area contributed by atoms with E-state index in [-0.39, 0.29) is 24.2 Å². The lowest BCUT2D eigenvalue weighted by atomic mass is 9.52. The summed E-state index contributed by atoms with van der Waals surface area (Å²) in [4.78, 5) is 67.5. The SMILES string of the molecule is CN(C)[C@@H]1C(=O)C(C(N)=O)C(=O)[C@@]2(O)C(=O)C3C(=O)c4c(O)ccc(C#Cc5ccccc5)c4CC3CC12. The Hall–Kier alpha value is -4.13. The second kappa shape index (κ2) is 9.01. The van der Waals surface area contributed by atoms with Crippen LogP contribution in [0.25, 0.3) is 0 Å². The molecule has 2 saturated carbocycles. The third kappa shape index (κ3) is 3.60. The van der Waals surface area contributed by atoms with Gasteiger partial charge in [-0.05, 0) is 62.7 Å². The topological polar surface area (TPSA) is 155 Å². The van der Waals surface area contributed by atoms with Gasteiger partial charge in [0.25, 0.3) is 0 Å². The number of carbonyl (C=O) groups is 5. The molecule has 0 radical (unpaired) electrons. The van der Waals surface area contributed by atoms with Crippen molar-refractivity contribution in [3.05, 3.63) is 64.7 Å². The van der Waals surface area contributed by atoms with Crippen LogP contribution in [-0.2, 0) is 25.6 Å². The summed E-state index contributed by atoms with van der Waals surface area (Å²) in [5.41, 5.74) is 4.26. The molecule has 0 saturated heterocycles. The molecule has 0 spiro atoms. The molecular weight excluding hydrogens is 488 g/mol. The number of fused-ring (bicyclic) bond motifs is 3. The maximum Gasteiger partial charge on any atom is 0.235 e. The number of phenolic OH excluding ortho intramolecular Hbond substituents is 1. The van der Waals surface area contributed by atoms with Crippen LogP contribution in [0.15, 0.2) is 42.5 Å². The Morgan fingerprint density at radius 2 is 1.71 bits per heavy atom. The summed E-state index contributed by atoms with van der Waals surface area (Å²) in [5.74, 6) is -4.60. The van der Waals surface area contributed by atoms with Crippen LogP contribution in [0.5, 0.6) is 5.75 Å². The van der Waals surface area contributed by atoms with Gasteiger partial charge >= 0.3 is 0 Å². The van der Waals surface area contributed by atoms with Crippen molar-refractivity contribution in [2.24, 2.45) is 29.4 Å². The minimum absolute atomic E-state index is 0.00882. The highest BCUT2D eigenvalue weighted by Crippen LogP contribution is 2.50. The van der Waals surface area contributed by atoms with Gasteiger partial charge in [0.05, 0.1) is 17.5 Å². The standard InChI is InChI=1S/C29H26N2O7/c1-31(2)23-18-13-16-12-17-15(9-8-14-6-4-3-5-7-14)10-11-19(32)21(17)24(33)20(16)26(35)29(18,38)27(36)22(25(23)34)28(30)37/h3-7,10-11,16,18,20,22-23,32,38H,12-13H2,1-2H3,(H2,30,37)/t16?,18?,20?,22?,23-,29-/m0/s1.